The maximum absolute atomic E-state index is 6.23. The molecule has 0 amide bonds. The SMILES string of the molecule is CNC(Cc1ccc(C)cc1Cl)C1CC1. The molecule has 0 spiro atoms. The third-order valence-electron chi connectivity index (χ3n) is 3.21. The molecule has 1 fully saturated rings. The van der Waals surface area contributed by atoms with Crippen LogP contribution in [0.2, 0.25) is 5.02 Å². The summed E-state index contributed by atoms with van der Waals surface area (Å²) in [6.45, 7) is 2.08. The number of hydrogen-bond acceptors (Lipinski definition) is 1. The standard InChI is InChI=1S/C13H18ClN/c1-9-3-4-11(12(14)7-9)8-13(15-2)10-5-6-10/h3-4,7,10,13,15H,5-6,8H2,1-2H3. The lowest BCUT2D eigenvalue weighted by Gasteiger charge is -2.16. The minimum Gasteiger partial charge on any atom is -0.316 e. The first-order valence-electron chi connectivity index (χ1n) is 5.63. The molecule has 0 heterocycles. The molecule has 2 rings (SSSR count). The minimum atomic E-state index is 0.602. The van der Waals surface area contributed by atoms with E-state index in [-0.39, 0.29) is 0 Å². The Bertz CT molecular complexity index is 344. The molecule has 0 aliphatic heterocycles. The van der Waals surface area contributed by atoms with Crippen molar-refractivity contribution in [3.8, 4) is 0 Å². The summed E-state index contributed by atoms with van der Waals surface area (Å²) in [6, 6.07) is 6.95. The van der Waals surface area contributed by atoms with Gasteiger partial charge in [0, 0.05) is 11.1 Å². The van der Waals surface area contributed by atoms with Crippen molar-refractivity contribution in [2.75, 3.05) is 7.05 Å². The summed E-state index contributed by atoms with van der Waals surface area (Å²) in [5.41, 5.74) is 2.50. The van der Waals surface area contributed by atoms with Gasteiger partial charge in [0.2, 0.25) is 0 Å². The van der Waals surface area contributed by atoms with Crippen LogP contribution in [0.25, 0.3) is 0 Å². The van der Waals surface area contributed by atoms with Gasteiger partial charge in [-0.25, -0.2) is 0 Å². The van der Waals surface area contributed by atoms with Crippen molar-refractivity contribution in [2.45, 2.75) is 32.2 Å². The molecule has 1 N–H and O–H groups in total. The number of aryl methyl sites for hydroxylation is 1. The van der Waals surface area contributed by atoms with Gasteiger partial charge >= 0.3 is 0 Å². The molecule has 2 heteroatoms. The second kappa shape index (κ2) is 4.54. The van der Waals surface area contributed by atoms with E-state index >= 15 is 0 Å². The van der Waals surface area contributed by atoms with E-state index in [9.17, 15) is 0 Å². The van der Waals surface area contributed by atoms with Crippen LogP contribution in [0.4, 0.5) is 0 Å². The van der Waals surface area contributed by atoms with Gasteiger partial charge in [0.05, 0.1) is 0 Å². The zero-order valence-electron chi connectivity index (χ0n) is 9.39. The molecule has 1 aliphatic carbocycles. The van der Waals surface area contributed by atoms with Crippen LogP contribution >= 0.6 is 11.6 Å². The van der Waals surface area contributed by atoms with E-state index in [0.29, 0.717) is 6.04 Å². The molecule has 1 unspecified atom stereocenters. The molecule has 1 aliphatic rings. The molecule has 0 aromatic heterocycles. The van der Waals surface area contributed by atoms with E-state index < -0.39 is 0 Å². The molecule has 1 aromatic rings. The van der Waals surface area contributed by atoms with Crippen molar-refractivity contribution in [3.63, 3.8) is 0 Å². The summed E-state index contributed by atoms with van der Waals surface area (Å²) in [4.78, 5) is 0. The Morgan fingerprint density at radius 2 is 2.20 bits per heavy atom. The third-order valence-corrected chi connectivity index (χ3v) is 3.56. The molecule has 15 heavy (non-hydrogen) atoms. The Morgan fingerprint density at radius 1 is 1.47 bits per heavy atom. The van der Waals surface area contributed by atoms with Gasteiger partial charge in [-0.15, -0.1) is 0 Å². The van der Waals surface area contributed by atoms with Crippen LogP contribution in [-0.4, -0.2) is 13.1 Å². The van der Waals surface area contributed by atoms with Gasteiger partial charge in [-0.2, -0.15) is 0 Å². The molecule has 82 valence electrons. The van der Waals surface area contributed by atoms with Gasteiger partial charge in [0.25, 0.3) is 0 Å². The van der Waals surface area contributed by atoms with E-state index in [1.54, 1.807) is 0 Å². The van der Waals surface area contributed by atoms with Gasteiger partial charge in [-0.1, -0.05) is 23.7 Å². The molecule has 0 bridgehead atoms. The van der Waals surface area contributed by atoms with Crippen molar-refractivity contribution in [1.82, 2.24) is 5.32 Å². The first-order chi connectivity index (χ1) is 7.20. The molecular weight excluding hydrogens is 206 g/mol. The van der Waals surface area contributed by atoms with Crippen LogP contribution in [-0.2, 0) is 6.42 Å². The number of rotatable bonds is 4. The zero-order valence-corrected chi connectivity index (χ0v) is 10.1. The normalized spacial score (nSPS) is 17.8. The lowest BCUT2D eigenvalue weighted by Crippen LogP contribution is -2.29. The number of halogens is 1. The highest BCUT2D eigenvalue weighted by atomic mass is 35.5. The van der Waals surface area contributed by atoms with E-state index in [4.69, 9.17) is 11.6 Å². The molecule has 1 saturated carbocycles. The highest BCUT2D eigenvalue weighted by molar-refractivity contribution is 6.31. The zero-order chi connectivity index (χ0) is 10.8. The Hall–Kier alpha value is -0.530. The Balaban J connectivity index is 2.08. The number of hydrogen-bond donors (Lipinski definition) is 1. The first kappa shape index (κ1) is 11.0. The van der Waals surface area contributed by atoms with Crippen LogP contribution < -0.4 is 5.32 Å². The second-order valence-electron chi connectivity index (χ2n) is 4.53. The van der Waals surface area contributed by atoms with Crippen LogP contribution in [0.3, 0.4) is 0 Å². The molecule has 0 saturated heterocycles. The minimum absolute atomic E-state index is 0.602. The number of benzene rings is 1. The average Bonchev–Trinajstić information content (AvgIpc) is 3.00. The van der Waals surface area contributed by atoms with Crippen LogP contribution in [0.15, 0.2) is 18.2 Å². The monoisotopic (exact) mass is 223 g/mol. The number of nitrogens with one attached hydrogen (secondary N) is 1. The van der Waals surface area contributed by atoms with Crippen molar-refractivity contribution < 1.29 is 0 Å². The average molecular weight is 224 g/mol. The molecule has 1 nitrogen and oxygen atoms in total. The van der Waals surface area contributed by atoms with E-state index in [1.807, 2.05) is 7.05 Å². The predicted octanol–water partition coefficient (Wildman–Crippen LogP) is 3.19. The van der Waals surface area contributed by atoms with Crippen molar-refractivity contribution in [3.05, 3.63) is 34.3 Å². The Kier molecular flexibility index (Phi) is 3.32. The third kappa shape index (κ3) is 2.73. The Morgan fingerprint density at radius 3 is 2.73 bits per heavy atom. The highest BCUT2D eigenvalue weighted by Crippen LogP contribution is 2.34. The van der Waals surface area contributed by atoms with Gasteiger partial charge in [-0.05, 0) is 56.3 Å². The van der Waals surface area contributed by atoms with Crippen molar-refractivity contribution >= 4 is 11.6 Å². The smallest absolute Gasteiger partial charge is 0.0441 e. The second-order valence-corrected chi connectivity index (χ2v) is 4.94. The summed E-state index contributed by atoms with van der Waals surface area (Å²) in [6.07, 6.45) is 3.80. The van der Waals surface area contributed by atoms with Gasteiger partial charge in [-0.3, -0.25) is 0 Å². The summed E-state index contributed by atoms with van der Waals surface area (Å²) in [5.74, 6) is 0.868. The van der Waals surface area contributed by atoms with Crippen molar-refractivity contribution in [2.24, 2.45) is 5.92 Å². The quantitative estimate of drug-likeness (QED) is 0.827. The topological polar surface area (TPSA) is 12.0 Å². The first-order valence-corrected chi connectivity index (χ1v) is 6.01. The maximum Gasteiger partial charge on any atom is 0.0441 e. The van der Waals surface area contributed by atoms with Gasteiger partial charge < -0.3 is 5.32 Å². The fourth-order valence-electron chi connectivity index (χ4n) is 2.06. The predicted molar refractivity (Wildman–Crippen MR) is 65.5 cm³/mol. The lowest BCUT2D eigenvalue weighted by molar-refractivity contribution is 0.500. The van der Waals surface area contributed by atoms with E-state index in [2.05, 4.69) is 30.4 Å². The largest absolute Gasteiger partial charge is 0.316 e. The van der Waals surface area contributed by atoms with Gasteiger partial charge in [0.1, 0.15) is 0 Å². The molecule has 1 aromatic carbocycles. The fourth-order valence-corrected chi connectivity index (χ4v) is 2.37. The van der Waals surface area contributed by atoms with E-state index in [0.717, 1.165) is 17.4 Å². The lowest BCUT2D eigenvalue weighted by atomic mass is 10.0. The number of likely N-dealkylation sites (N-methyl/N-ethyl adjacent to an activating group) is 1. The van der Waals surface area contributed by atoms with E-state index in [1.165, 1.54) is 24.0 Å². The highest BCUT2D eigenvalue weighted by Gasteiger charge is 2.30. The summed E-state index contributed by atoms with van der Waals surface area (Å²) in [5, 5.41) is 4.31. The summed E-state index contributed by atoms with van der Waals surface area (Å²) < 4.78 is 0. The fraction of sp³-hybridized carbons (Fsp3) is 0.538. The molecular formula is C13H18ClN. The maximum atomic E-state index is 6.23. The van der Waals surface area contributed by atoms with Crippen LogP contribution in [0.5, 0.6) is 0 Å². The van der Waals surface area contributed by atoms with Gasteiger partial charge in [0.15, 0.2) is 0 Å². The van der Waals surface area contributed by atoms with Crippen LogP contribution in [0.1, 0.15) is 24.0 Å². The van der Waals surface area contributed by atoms with Crippen LogP contribution in [0, 0.1) is 12.8 Å². The molecule has 0 radical (unpaired) electrons. The summed E-state index contributed by atoms with van der Waals surface area (Å²) in [7, 11) is 2.05. The van der Waals surface area contributed by atoms with Crippen molar-refractivity contribution in [1.29, 1.82) is 0 Å². The molecule has 1 atom stereocenters. The Labute approximate surface area is 96.8 Å². The summed E-state index contributed by atoms with van der Waals surface area (Å²) >= 11 is 6.23.